The Morgan fingerprint density at radius 2 is 1.79 bits per heavy atom. The summed E-state index contributed by atoms with van der Waals surface area (Å²) < 4.78 is 39.8. The number of aryl methyl sites for hydroxylation is 1. The molecule has 4 rings (SSSR count). The van der Waals surface area contributed by atoms with Crippen molar-refractivity contribution in [2.75, 3.05) is 32.7 Å². The molecule has 0 radical (unpaired) electrons. The lowest BCUT2D eigenvalue weighted by Crippen LogP contribution is -2.35. The fraction of sp³-hybridized carbons (Fsp3) is 0.400. The SMILES string of the molecule is Cc1c(C(=O)N2CCCN(CCCc3ccccc3)CC2)cnn1-c1ccc(C(F)(F)F)cn1. The van der Waals surface area contributed by atoms with Gasteiger partial charge in [-0.3, -0.25) is 4.79 Å². The highest BCUT2D eigenvalue weighted by molar-refractivity contribution is 5.95. The number of pyridine rings is 1. The minimum absolute atomic E-state index is 0.109. The number of alkyl halides is 3. The normalized spacial score (nSPS) is 15.4. The molecule has 3 aromatic rings. The molecule has 9 heteroatoms. The number of benzene rings is 1. The number of hydrogen-bond acceptors (Lipinski definition) is 4. The zero-order valence-electron chi connectivity index (χ0n) is 19.1. The topological polar surface area (TPSA) is 54.3 Å². The van der Waals surface area contributed by atoms with Crippen LogP contribution in [0.5, 0.6) is 0 Å². The van der Waals surface area contributed by atoms with Crippen LogP contribution in [0, 0.1) is 6.92 Å². The van der Waals surface area contributed by atoms with Gasteiger partial charge in [0.1, 0.15) is 0 Å². The van der Waals surface area contributed by atoms with E-state index in [9.17, 15) is 18.0 Å². The number of halogens is 3. The number of nitrogens with zero attached hydrogens (tertiary/aromatic N) is 5. The maximum absolute atomic E-state index is 13.2. The fourth-order valence-electron chi connectivity index (χ4n) is 4.25. The van der Waals surface area contributed by atoms with Crippen molar-refractivity contribution in [3.63, 3.8) is 0 Å². The number of rotatable bonds is 6. The number of carbonyl (C=O) groups is 1. The van der Waals surface area contributed by atoms with Crippen molar-refractivity contribution in [1.82, 2.24) is 24.6 Å². The molecule has 0 bridgehead atoms. The van der Waals surface area contributed by atoms with Gasteiger partial charge in [0, 0.05) is 25.8 Å². The summed E-state index contributed by atoms with van der Waals surface area (Å²) in [5, 5.41) is 4.22. The predicted octanol–water partition coefficient (Wildman–Crippen LogP) is 4.38. The van der Waals surface area contributed by atoms with Crippen molar-refractivity contribution >= 4 is 5.91 Å². The van der Waals surface area contributed by atoms with Crippen molar-refractivity contribution in [2.24, 2.45) is 0 Å². The van der Waals surface area contributed by atoms with E-state index in [1.807, 2.05) is 11.0 Å². The van der Waals surface area contributed by atoms with E-state index in [0.29, 0.717) is 24.3 Å². The lowest BCUT2D eigenvalue weighted by molar-refractivity contribution is -0.137. The van der Waals surface area contributed by atoms with Crippen molar-refractivity contribution in [2.45, 2.75) is 32.4 Å². The average molecular weight is 472 g/mol. The Kier molecular flexibility index (Phi) is 7.31. The summed E-state index contributed by atoms with van der Waals surface area (Å²) in [5.41, 5.74) is 1.51. The molecule has 1 aliphatic rings. The number of carbonyl (C=O) groups excluding carboxylic acids is 1. The minimum Gasteiger partial charge on any atom is -0.337 e. The van der Waals surface area contributed by atoms with Crippen molar-refractivity contribution in [1.29, 1.82) is 0 Å². The van der Waals surface area contributed by atoms with Crippen LogP contribution in [-0.4, -0.2) is 63.2 Å². The van der Waals surface area contributed by atoms with Crippen LogP contribution >= 0.6 is 0 Å². The summed E-state index contributed by atoms with van der Waals surface area (Å²) in [6, 6.07) is 12.7. The molecule has 1 saturated heterocycles. The molecule has 0 spiro atoms. The fourth-order valence-corrected chi connectivity index (χ4v) is 4.25. The molecule has 34 heavy (non-hydrogen) atoms. The molecular formula is C25H28F3N5O. The van der Waals surface area contributed by atoms with Gasteiger partial charge in [-0.15, -0.1) is 0 Å². The van der Waals surface area contributed by atoms with E-state index < -0.39 is 11.7 Å². The van der Waals surface area contributed by atoms with Crippen molar-refractivity contribution in [3.8, 4) is 5.82 Å². The van der Waals surface area contributed by atoms with Crippen molar-refractivity contribution < 1.29 is 18.0 Å². The number of hydrogen-bond donors (Lipinski definition) is 0. The van der Waals surface area contributed by atoms with Gasteiger partial charge in [0.05, 0.1) is 23.0 Å². The lowest BCUT2D eigenvalue weighted by Gasteiger charge is -2.22. The van der Waals surface area contributed by atoms with E-state index in [-0.39, 0.29) is 11.7 Å². The number of aromatic nitrogens is 3. The van der Waals surface area contributed by atoms with Crippen LogP contribution in [0.25, 0.3) is 5.82 Å². The first-order chi connectivity index (χ1) is 16.3. The summed E-state index contributed by atoms with van der Waals surface area (Å²) in [6.45, 7) is 5.78. The Balaban J connectivity index is 1.35. The smallest absolute Gasteiger partial charge is 0.337 e. The monoisotopic (exact) mass is 471 g/mol. The van der Waals surface area contributed by atoms with Gasteiger partial charge in [-0.1, -0.05) is 30.3 Å². The van der Waals surface area contributed by atoms with E-state index >= 15 is 0 Å². The molecule has 0 unspecified atom stereocenters. The predicted molar refractivity (Wildman–Crippen MR) is 123 cm³/mol. The maximum atomic E-state index is 13.2. The number of amides is 1. The van der Waals surface area contributed by atoms with E-state index in [2.05, 4.69) is 39.2 Å². The molecule has 0 atom stereocenters. The Morgan fingerprint density at radius 1 is 1.00 bits per heavy atom. The summed E-state index contributed by atoms with van der Waals surface area (Å²) >= 11 is 0. The second-order valence-corrected chi connectivity index (χ2v) is 8.53. The van der Waals surface area contributed by atoms with Gasteiger partial charge < -0.3 is 9.80 Å². The standard InChI is InChI=1S/C25H28F3N5O/c1-19-22(18-30-33(19)23-11-10-21(17-29-23)25(26,27)28)24(34)32-14-6-13-31(15-16-32)12-5-9-20-7-3-2-4-8-20/h2-4,7-8,10-11,17-18H,5-6,9,12-16H2,1H3. The van der Waals surface area contributed by atoms with E-state index in [0.717, 1.165) is 51.2 Å². The Labute approximate surface area is 197 Å². The Hall–Kier alpha value is -3.20. The van der Waals surface area contributed by atoms with Crippen LogP contribution in [0.3, 0.4) is 0 Å². The molecular weight excluding hydrogens is 443 g/mol. The van der Waals surface area contributed by atoms with Gasteiger partial charge >= 0.3 is 6.18 Å². The first-order valence-corrected chi connectivity index (χ1v) is 11.5. The molecule has 6 nitrogen and oxygen atoms in total. The average Bonchev–Trinajstić information content (AvgIpc) is 3.05. The highest BCUT2D eigenvalue weighted by Gasteiger charge is 2.31. The van der Waals surface area contributed by atoms with Crippen LogP contribution in [0.4, 0.5) is 13.2 Å². The van der Waals surface area contributed by atoms with Crippen LogP contribution in [0.1, 0.15) is 40.0 Å². The van der Waals surface area contributed by atoms with Gasteiger partial charge in [-0.2, -0.15) is 18.3 Å². The molecule has 1 aliphatic heterocycles. The molecule has 1 fully saturated rings. The largest absolute Gasteiger partial charge is 0.417 e. The van der Waals surface area contributed by atoms with Gasteiger partial charge in [0.2, 0.25) is 0 Å². The highest BCUT2D eigenvalue weighted by atomic mass is 19.4. The first kappa shape index (κ1) is 23.9. The molecule has 1 aromatic carbocycles. The molecule has 180 valence electrons. The maximum Gasteiger partial charge on any atom is 0.417 e. The summed E-state index contributed by atoms with van der Waals surface area (Å²) in [6.07, 6.45) is 0.803. The minimum atomic E-state index is -4.45. The van der Waals surface area contributed by atoms with E-state index in [1.165, 1.54) is 22.5 Å². The van der Waals surface area contributed by atoms with Crippen LogP contribution in [0.15, 0.2) is 54.9 Å². The third-order valence-electron chi connectivity index (χ3n) is 6.19. The Bertz CT molecular complexity index is 1100. The van der Waals surface area contributed by atoms with Crippen LogP contribution < -0.4 is 0 Å². The second kappa shape index (κ2) is 10.4. The van der Waals surface area contributed by atoms with E-state index in [4.69, 9.17) is 0 Å². The third-order valence-corrected chi connectivity index (χ3v) is 6.19. The lowest BCUT2D eigenvalue weighted by atomic mass is 10.1. The quantitative estimate of drug-likeness (QED) is 0.536. The van der Waals surface area contributed by atoms with Crippen LogP contribution in [-0.2, 0) is 12.6 Å². The molecule has 0 N–H and O–H groups in total. The summed E-state index contributed by atoms with van der Waals surface area (Å²) in [4.78, 5) is 21.3. The molecule has 0 aliphatic carbocycles. The van der Waals surface area contributed by atoms with Gasteiger partial charge in [-0.25, -0.2) is 9.67 Å². The highest BCUT2D eigenvalue weighted by Crippen LogP contribution is 2.29. The third kappa shape index (κ3) is 5.64. The molecule has 1 amide bonds. The first-order valence-electron chi connectivity index (χ1n) is 11.5. The molecule has 3 heterocycles. The molecule has 0 saturated carbocycles. The zero-order chi connectivity index (χ0) is 24.1. The van der Waals surface area contributed by atoms with Gasteiger partial charge in [0.15, 0.2) is 5.82 Å². The zero-order valence-corrected chi connectivity index (χ0v) is 19.1. The summed E-state index contributed by atoms with van der Waals surface area (Å²) in [7, 11) is 0. The molecule has 2 aromatic heterocycles. The second-order valence-electron chi connectivity index (χ2n) is 8.53. The van der Waals surface area contributed by atoms with Gasteiger partial charge in [-0.05, 0) is 57.0 Å². The van der Waals surface area contributed by atoms with Gasteiger partial charge in [0.25, 0.3) is 5.91 Å². The summed E-state index contributed by atoms with van der Waals surface area (Å²) in [5.74, 6) is 0.131. The van der Waals surface area contributed by atoms with Crippen molar-refractivity contribution in [3.05, 3.63) is 77.2 Å². The van der Waals surface area contributed by atoms with Crippen LogP contribution in [0.2, 0.25) is 0 Å². The Morgan fingerprint density at radius 3 is 2.50 bits per heavy atom. The van der Waals surface area contributed by atoms with E-state index in [1.54, 1.807) is 6.92 Å².